The normalized spacial score (nSPS) is 9.09. The first-order valence-electron chi connectivity index (χ1n) is 3.40. The smallest absolute Gasteiger partial charge is 0.0616 e. The summed E-state index contributed by atoms with van der Waals surface area (Å²) in [5, 5.41) is 2.62. The minimum Gasteiger partial charge on any atom is -0.0616 e. The van der Waals surface area contributed by atoms with Crippen LogP contribution in [0.1, 0.15) is 0 Å². The van der Waals surface area contributed by atoms with Crippen LogP contribution < -0.4 is 18.9 Å². The van der Waals surface area contributed by atoms with E-state index in [9.17, 15) is 0 Å². The Bertz CT molecular complexity index is 276. The molecule has 0 bridgehead atoms. The summed E-state index contributed by atoms with van der Waals surface area (Å²) in [6.07, 6.45) is 0. The fourth-order valence-electron chi connectivity index (χ4n) is 1.13. The van der Waals surface area contributed by atoms with Gasteiger partial charge in [0.25, 0.3) is 0 Å². The first-order chi connectivity index (χ1) is 4.97. The van der Waals surface area contributed by atoms with E-state index in [2.05, 4.69) is 48.5 Å². The van der Waals surface area contributed by atoms with Crippen LogP contribution in [0.3, 0.4) is 0 Å². The molecule has 2 aromatic rings. The predicted molar refractivity (Wildman–Crippen MR) is 43.9 cm³/mol. The van der Waals surface area contributed by atoms with Gasteiger partial charge in [-0.15, -0.1) is 0 Å². The fourth-order valence-corrected chi connectivity index (χ4v) is 1.13. The minimum absolute atomic E-state index is 0. The molecule has 1 heteroatoms. The van der Waals surface area contributed by atoms with E-state index in [4.69, 9.17) is 0 Å². The molecule has 0 atom stereocenters. The molecule has 0 aliphatic heterocycles. The van der Waals surface area contributed by atoms with Gasteiger partial charge < -0.3 is 0 Å². The molecule has 48 valence electrons. The molecule has 0 unspecified atom stereocenters. The Balaban J connectivity index is 0.000000605. The summed E-state index contributed by atoms with van der Waals surface area (Å²) >= 11 is 0. The van der Waals surface area contributed by atoms with Gasteiger partial charge in [-0.25, -0.2) is 0 Å². The molecule has 0 amide bonds. The van der Waals surface area contributed by atoms with Gasteiger partial charge in [-0.05, 0) is 10.8 Å². The molecule has 0 spiro atoms. The van der Waals surface area contributed by atoms with E-state index < -0.39 is 0 Å². The van der Waals surface area contributed by atoms with Gasteiger partial charge in [0, 0.05) is 0 Å². The molecule has 2 aromatic carbocycles. The molecular formula is C10H8Li+. The molecule has 0 saturated carbocycles. The Hall–Kier alpha value is -0.703. The molecule has 0 aromatic heterocycles. The van der Waals surface area contributed by atoms with E-state index in [1.165, 1.54) is 10.8 Å². The van der Waals surface area contributed by atoms with E-state index >= 15 is 0 Å². The first kappa shape index (κ1) is 8.39. The van der Waals surface area contributed by atoms with Crippen molar-refractivity contribution in [2.45, 2.75) is 0 Å². The Morgan fingerprint density at radius 2 is 0.818 bits per heavy atom. The van der Waals surface area contributed by atoms with Crippen molar-refractivity contribution >= 4 is 10.8 Å². The maximum absolute atomic E-state index is 2.12. The van der Waals surface area contributed by atoms with E-state index in [0.717, 1.165) is 0 Å². The van der Waals surface area contributed by atoms with Crippen LogP contribution in [0.15, 0.2) is 48.5 Å². The second-order valence-electron chi connectivity index (χ2n) is 2.35. The summed E-state index contributed by atoms with van der Waals surface area (Å²) < 4.78 is 0. The Morgan fingerprint density at radius 3 is 1.09 bits per heavy atom. The molecule has 0 fully saturated rings. The van der Waals surface area contributed by atoms with Crippen LogP contribution in [0.2, 0.25) is 0 Å². The summed E-state index contributed by atoms with van der Waals surface area (Å²) in [5.74, 6) is 0. The quantitative estimate of drug-likeness (QED) is 0.440. The van der Waals surface area contributed by atoms with E-state index in [0.29, 0.717) is 0 Å². The van der Waals surface area contributed by atoms with Crippen molar-refractivity contribution in [2.24, 2.45) is 0 Å². The minimum atomic E-state index is 0. The largest absolute Gasteiger partial charge is 1.00 e. The number of benzene rings is 2. The molecule has 0 nitrogen and oxygen atoms in total. The maximum atomic E-state index is 2.12. The Kier molecular flexibility index (Phi) is 2.76. The zero-order valence-electron chi connectivity index (χ0n) is 6.62. The van der Waals surface area contributed by atoms with E-state index in [1.54, 1.807) is 0 Å². The molecule has 0 aliphatic rings. The van der Waals surface area contributed by atoms with Crippen LogP contribution >= 0.6 is 0 Å². The summed E-state index contributed by atoms with van der Waals surface area (Å²) in [6.45, 7) is 0. The van der Waals surface area contributed by atoms with Crippen molar-refractivity contribution in [3.8, 4) is 0 Å². The van der Waals surface area contributed by atoms with Crippen molar-refractivity contribution < 1.29 is 18.9 Å². The van der Waals surface area contributed by atoms with Crippen molar-refractivity contribution in [3.05, 3.63) is 48.5 Å². The average Bonchev–Trinajstić information content (AvgIpc) is 2.05. The zero-order chi connectivity index (χ0) is 6.81. The van der Waals surface area contributed by atoms with Gasteiger partial charge in [-0.1, -0.05) is 48.5 Å². The van der Waals surface area contributed by atoms with Gasteiger partial charge in [-0.2, -0.15) is 0 Å². The third-order valence-corrected chi connectivity index (χ3v) is 1.66. The predicted octanol–water partition coefficient (Wildman–Crippen LogP) is -0.156. The van der Waals surface area contributed by atoms with Crippen LogP contribution in [0, 0.1) is 0 Å². The summed E-state index contributed by atoms with van der Waals surface area (Å²) in [5.41, 5.74) is 0. The van der Waals surface area contributed by atoms with Crippen LogP contribution in [0.25, 0.3) is 10.8 Å². The zero-order valence-corrected chi connectivity index (χ0v) is 6.62. The number of rotatable bonds is 0. The average molecular weight is 135 g/mol. The molecule has 0 radical (unpaired) electrons. The monoisotopic (exact) mass is 135 g/mol. The molecule has 0 N–H and O–H groups in total. The van der Waals surface area contributed by atoms with Crippen molar-refractivity contribution in [1.82, 2.24) is 0 Å². The molecule has 0 aliphatic carbocycles. The molecule has 2 rings (SSSR count). The summed E-state index contributed by atoms with van der Waals surface area (Å²) in [6, 6.07) is 16.7. The van der Waals surface area contributed by atoms with Gasteiger partial charge in [0.05, 0.1) is 0 Å². The molecule has 0 heterocycles. The topological polar surface area (TPSA) is 0 Å². The van der Waals surface area contributed by atoms with Gasteiger partial charge in [-0.3, -0.25) is 0 Å². The number of hydrogen-bond donors (Lipinski definition) is 0. The SMILES string of the molecule is [Li+].c1ccc2ccccc2c1. The van der Waals surface area contributed by atoms with Crippen molar-refractivity contribution in [3.63, 3.8) is 0 Å². The van der Waals surface area contributed by atoms with Gasteiger partial charge in [0.1, 0.15) is 0 Å². The third-order valence-electron chi connectivity index (χ3n) is 1.66. The summed E-state index contributed by atoms with van der Waals surface area (Å²) in [4.78, 5) is 0. The van der Waals surface area contributed by atoms with E-state index in [1.807, 2.05) is 0 Å². The number of hydrogen-bond acceptors (Lipinski definition) is 0. The van der Waals surface area contributed by atoms with Gasteiger partial charge >= 0.3 is 18.9 Å². The molecular weight excluding hydrogens is 127 g/mol. The van der Waals surface area contributed by atoms with Crippen molar-refractivity contribution in [2.75, 3.05) is 0 Å². The van der Waals surface area contributed by atoms with Gasteiger partial charge in [0.2, 0.25) is 0 Å². The Labute approximate surface area is 78.4 Å². The molecule has 0 saturated heterocycles. The number of fused-ring (bicyclic) bond motifs is 1. The van der Waals surface area contributed by atoms with Gasteiger partial charge in [0.15, 0.2) is 0 Å². The van der Waals surface area contributed by atoms with Crippen LogP contribution in [-0.4, -0.2) is 0 Å². The van der Waals surface area contributed by atoms with Crippen LogP contribution in [0.5, 0.6) is 0 Å². The third kappa shape index (κ3) is 1.65. The molecule has 11 heavy (non-hydrogen) atoms. The summed E-state index contributed by atoms with van der Waals surface area (Å²) in [7, 11) is 0. The Morgan fingerprint density at radius 1 is 0.545 bits per heavy atom. The second kappa shape index (κ2) is 3.62. The van der Waals surface area contributed by atoms with Crippen LogP contribution in [0.4, 0.5) is 0 Å². The maximum Gasteiger partial charge on any atom is 1.00 e. The fraction of sp³-hybridized carbons (Fsp3) is 0. The van der Waals surface area contributed by atoms with E-state index in [-0.39, 0.29) is 18.9 Å². The second-order valence-corrected chi connectivity index (χ2v) is 2.35. The van der Waals surface area contributed by atoms with Crippen LogP contribution in [-0.2, 0) is 0 Å². The standard InChI is InChI=1S/C10H8.Li/c1-2-6-10-8-4-3-7-9(10)5-1;/h1-8H;/q;+1. The first-order valence-corrected chi connectivity index (χ1v) is 3.40. The van der Waals surface area contributed by atoms with Crippen molar-refractivity contribution in [1.29, 1.82) is 0 Å².